The molecule has 1 N–H and O–H groups in total. The molecule has 0 bridgehead atoms. The number of nitrogens with zero attached hydrogens (tertiary/aromatic N) is 4. The molecule has 2 rings (SSSR count). The lowest BCUT2D eigenvalue weighted by molar-refractivity contribution is -0.486. The first-order valence-corrected chi connectivity index (χ1v) is 5.67. The second-order valence-electron chi connectivity index (χ2n) is 3.36. The summed E-state index contributed by atoms with van der Waals surface area (Å²) in [6, 6.07) is 0. The van der Waals surface area contributed by atoms with Gasteiger partial charge in [0.25, 0.3) is 5.96 Å². The molecule has 8 nitrogen and oxygen atoms in total. The zero-order valence-corrected chi connectivity index (χ0v) is 9.94. The fraction of sp³-hybridized carbons (Fsp3) is 0.500. The molecule has 0 atom stereocenters. The normalized spacial score (nSPS) is 18.2. The summed E-state index contributed by atoms with van der Waals surface area (Å²) >= 11 is 1.54. The Bertz CT molecular complexity index is 446. The van der Waals surface area contributed by atoms with Gasteiger partial charge in [-0.15, -0.1) is 11.3 Å². The minimum atomic E-state index is -0.724. The molecule has 0 amide bonds. The van der Waals surface area contributed by atoms with Gasteiger partial charge in [-0.05, 0) is 6.92 Å². The van der Waals surface area contributed by atoms with Crippen LogP contribution < -0.4 is 5.32 Å². The Hall–Kier alpha value is -1.74. The van der Waals surface area contributed by atoms with Crippen molar-refractivity contribution in [1.29, 1.82) is 0 Å². The Morgan fingerprint density at radius 3 is 3.29 bits per heavy atom. The third kappa shape index (κ3) is 3.11. The zero-order valence-electron chi connectivity index (χ0n) is 9.12. The minimum absolute atomic E-state index is 0.215. The first kappa shape index (κ1) is 11.7. The van der Waals surface area contributed by atoms with E-state index in [9.17, 15) is 10.1 Å². The van der Waals surface area contributed by atoms with E-state index in [0.717, 1.165) is 9.88 Å². The number of aromatic nitrogens is 1. The average Bonchev–Trinajstić information content (AvgIpc) is 2.66. The van der Waals surface area contributed by atoms with Gasteiger partial charge in [0, 0.05) is 11.1 Å². The molecule has 17 heavy (non-hydrogen) atoms. The molecule has 0 aromatic carbocycles. The van der Waals surface area contributed by atoms with Gasteiger partial charge in [-0.2, -0.15) is 0 Å². The van der Waals surface area contributed by atoms with Crippen LogP contribution in [0.4, 0.5) is 0 Å². The van der Waals surface area contributed by atoms with Crippen molar-refractivity contribution in [3.05, 3.63) is 26.2 Å². The SMILES string of the molecule is Cc1ncc(CN2COCN/C2=N/[N+](=O)[O-])s1. The van der Waals surface area contributed by atoms with Crippen LogP contribution in [-0.2, 0) is 11.3 Å². The first-order chi connectivity index (χ1) is 8.15. The number of nitrogens with one attached hydrogen (secondary N) is 1. The molecule has 0 spiro atoms. The van der Waals surface area contributed by atoms with Crippen LogP contribution in [0.15, 0.2) is 11.3 Å². The second-order valence-corrected chi connectivity index (χ2v) is 4.68. The van der Waals surface area contributed by atoms with Gasteiger partial charge in [-0.25, -0.2) is 15.1 Å². The summed E-state index contributed by atoms with van der Waals surface area (Å²) in [5.41, 5.74) is 0. The van der Waals surface area contributed by atoms with E-state index in [4.69, 9.17) is 4.74 Å². The summed E-state index contributed by atoms with van der Waals surface area (Å²) in [6.07, 6.45) is 1.75. The molecule has 0 radical (unpaired) electrons. The van der Waals surface area contributed by atoms with E-state index in [1.54, 1.807) is 22.4 Å². The number of aryl methyl sites for hydroxylation is 1. The maximum Gasteiger partial charge on any atom is 0.275 e. The molecule has 1 fully saturated rings. The molecule has 1 aliphatic rings. The van der Waals surface area contributed by atoms with Crippen molar-refractivity contribution < 1.29 is 9.77 Å². The third-order valence-corrected chi connectivity index (χ3v) is 2.97. The fourth-order valence-corrected chi connectivity index (χ4v) is 2.22. The van der Waals surface area contributed by atoms with Gasteiger partial charge < -0.3 is 15.0 Å². The largest absolute Gasteiger partial charge is 0.341 e. The van der Waals surface area contributed by atoms with Gasteiger partial charge in [-0.1, -0.05) is 0 Å². The van der Waals surface area contributed by atoms with Crippen LogP contribution in [0.5, 0.6) is 0 Å². The quantitative estimate of drug-likeness (QED) is 0.620. The molecule has 1 aliphatic heterocycles. The number of ether oxygens (including phenoxy) is 1. The van der Waals surface area contributed by atoms with Crippen molar-refractivity contribution >= 4 is 17.3 Å². The highest BCUT2D eigenvalue weighted by molar-refractivity contribution is 7.11. The van der Waals surface area contributed by atoms with E-state index in [1.165, 1.54) is 0 Å². The van der Waals surface area contributed by atoms with Crippen LogP contribution in [0.2, 0.25) is 0 Å². The van der Waals surface area contributed by atoms with Gasteiger partial charge in [0.1, 0.15) is 18.6 Å². The van der Waals surface area contributed by atoms with Gasteiger partial charge in [0.15, 0.2) is 5.03 Å². The zero-order chi connectivity index (χ0) is 12.3. The lowest BCUT2D eigenvalue weighted by atomic mass is 10.5. The van der Waals surface area contributed by atoms with E-state index in [1.807, 2.05) is 6.92 Å². The third-order valence-electron chi connectivity index (χ3n) is 2.07. The number of hydrogen-bond donors (Lipinski definition) is 1. The molecular weight excluding hydrogens is 246 g/mol. The Morgan fingerprint density at radius 1 is 1.82 bits per heavy atom. The van der Waals surface area contributed by atoms with Gasteiger partial charge in [0.2, 0.25) is 0 Å². The van der Waals surface area contributed by atoms with Crippen molar-refractivity contribution in [3.63, 3.8) is 0 Å². The summed E-state index contributed by atoms with van der Waals surface area (Å²) < 4.78 is 5.17. The smallest absolute Gasteiger partial charge is 0.275 e. The number of hydrazone groups is 1. The maximum absolute atomic E-state index is 10.4. The summed E-state index contributed by atoms with van der Waals surface area (Å²) in [4.78, 5) is 17.2. The minimum Gasteiger partial charge on any atom is -0.341 e. The van der Waals surface area contributed by atoms with Gasteiger partial charge >= 0.3 is 0 Å². The van der Waals surface area contributed by atoms with E-state index in [-0.39, 0.29) is 19.4 Å². The predicted octanol–water partition coefficient (Wildman–Crippen LogP) is 0.336. The van der Waals surface area contributed by atoms with Crippen molar-refractivity contribution in [2.45, 2.75) is 13.5 Å². The highest BCUT2D eigenvalue weighted by atomic mass is 32.1. The van der Waals surface area contributed by atoms with E-state index >= 15 is 0 Å². The van der Waals surface area contributed by atoms with E-state index in [2.05, 4.69) is 15.4 Å². The number of thiazole rings is 1. The molecule has 1 saturated heterocycles. The average molecular weight is 257 g/mol. The predicted molar refractivity (Wildman–Crippen MR) is 60.8 cm³/mol. The molecule has 9 heteroatoms. The fourth-order valence-electron chi connectivity index (χ4n) is 1.41. The summed E-state index contributed by atoms with van der Waals surface area (Å²) in [5.74, 6) is 0.215. The maximum atomic E-state index is 10.4. The van der Waals surface area contributed by atoms with Gasteiger partial charge in [-0.3, -0.25) is 0 Å². The van der Waals surface area contributed by atoms with Crippen molar-refractivity contribution in [2.24, 2.45) is 5.10 Å². The molecule has 92 valence electrons. The molecular formula is C8H11N5O3S. The standard InChI is InChI=1S/C8H11N5O3S/c1-6-9-2-7(17-6)3-12-5-16-4-10-8(12)11-13(14)15/h2H,3-5H2,1H3,(H,10,11). The van der Waals surface area contributed by atoms with E-state index in [0.29, 0.717) is 6.54 Å². The molecule has 0 unspecified atom stereocenters. The van der Waals surface area contributed by atoms with E-state index < -0.39 is 5.03 Å². The summed E-state index contributed by atoms with van der Waals surface area (Å²) in [7, 11) is 0. The van der Waals surface area contributed by atoms with Crippen LogP contribution in [0.25, 0.3) is 0 Å². The Balaban J connectivity index is 2.09. The number of hydrogen-bond acceptors (Lipinski definition) is 5. The first-order valence-electron chi connectivity index (χ1n) is 4.86. The van der Waals surface area contributed by atoms with Crippen molar-refractivity contribution in [3.8, 4) is 0 Å². The van der Waals surface area contributed by atoms with Crippen LogP contribution >= 0.6 is 11.3 Å². The van der Waals surface area contributed by atoms with Crippen LogP contribution in [0.3, 0.4) is 0 Å². The highest BCUT2D eigenvalue weighted by Gasteiger charge is 2.20. The Kier molecular flexibility index (Phi) is 3.49. The molecule has 1 aromatic heterocycles. The number of guanidine groups is 1. The summed E-state index contributed by atoms with van der Waals surface area (Å²) in [6.45, 7) is 2.90. The summed E-state index contributed by atoms with van der Waals surface area (Å²) in [5, 5.41) is 16.6. The van der Waals surface area contributed by atoms with Crippen LogP contribution in [-0.4, -0.2) is 34.3 Å². The van der Waals surface area contributed by atoms with Crippen molar-refractivity contribution in [1.82, 2.24) is 15.2 Å². The topological polar surface area (TPSA) is 92.9 Å². The highest BCUT2D eigenvalue weighted by Crippen LogP contribution is 2.15. The molecule has 0 saturated carbocycles. The van der Waals surface area contributed by atoms with Gasteiger partial charge in [0.05, 0.1) is 11.6 Å². The lowest BCUT2D eigenvalue weighted by Gasteiger charge is -2.28. The lowest BCUT2D eigenvalue weighted by Crippen LogP contribution is -2.48. The second kappa shape index (κ2) is 5.06. The Morgan fingerprint density at radius 2 is 2.65 bits per heavy atom. The monoisotopic (exact) mass is 257 g/mol. The van der Waals surface area contributed by atoms with Crippen LogP contribution in [0.1, 0.15) is 9.88 Å². The molecule has 2 heterocycles. The molecule has 1 aromatic rings. The Labute approximate surface area is 101 Å². The van der Waals surface area contributed by atoms with Crippen LogP contribution in [0, 0.1) is 17.0 Å². The molecule has 0 aliphatic carbocycles. The van der Waals surface area contributed by atoms with Crippen molar-refractivity contribution in [2.75, 3.05) is 13.5 Å². The number of nitro groups is 1. The number of rotatable bonds is 3.